The highest BCUT2D eigenvalue weighted by Crippen LogP contribution is 2.52. The zero-order valence-corrected chi connectivity index (χ0v) is 14.5. The van der Waals surface area contributed by atoms with E-state index in [1.165, 1.54) is 84.0 Å². The van der Waals surface area contributed by atoms with Gasteiger partial charge in [-0.2, -0.15) is 0 Å². The standard InChI is InChI=1S/C20H33N3/c1-3-9-21-18(8-1)20-13-16(12-15-6-5-10-22-19(15)20)17-7-2-4-11-23(17)14-20/h12,16-19,21-22H,1-11,13-14H2/t16-,17-,18+,19+,20+/m0/s1. The Kier molecular flexibility index (Phi) is 3.80. The van der Waals surface area contributed by atoms with Crippen LogP contribution in [0.15, 0.2) is 11.6 Å². The first-order chi connectivity index (χ1) is 11.4. The fourth-order valence-electron chi connectivity index (χ4n) is 6.73. The van der Waals surface area contributed by atoms with E-state index < -0.39 is 0 Å². The molecular weight excluding hydrogens is 282 g/mol. The molecule has 5 atom stereocenters. The summed E-state index contributed by atoms with van der Waals surface area (Å²) in [4.78, 5) is 2.90. The number of piperidine rings is 4. The number of nitrogens with one attached hydrogen (secondary N) is 2. The van der Waals surface area contributed by atoms with Crippen LogP contribution in [0.2, 0.25) is 0 Å². The SMILES string of the molecule is C1=C2CCCN[C@H]2[C@]2([C@H]3CCCCN3)C[C@H]1[C@@H]1CCCCN1C2. The van der Waals surface area contributed by atoms with Crippen molar-refractivity contribution < 1.29 is 0 Å². The quantitative estimate of drug-likeness (QED) is 0.729. The molecule has 1 aliphatic carbocycles. The Hall–Kier alpha value is -0.380. The molecule has 0 saturated carbocycles. The second-order valence-corrected chi connectivity index (χ2v) is 8.87. The number of nitrogens with zero attached hydrogens (tertiary/aromatic N) is 1. The third-order valence-corrected chi connectivity index (χ3v) is 7.64. The Balaban J connectivity index is 1.54. The van der Waals surface area contributed by atoms with Gasteiger partial charge in [0, 0.05) is 30.1 Å². The van der Waals surface area contributed by atoms with E-state index >= 15 is 0 Å². The van der Waals surface area contributed by atoms with Gasteiger partial charge in [-0.05, 0) is 70.5 Å². The number of rotatable bonds is 1. The van der Waals surface area contributed by atoms with Gasteiger partial charge < -0.3 is 10.6 Å². The molecule has 4 fully saturated rings. The van der Waals surface area contributed by atoms with Gasteiger partial charge >= 0.3 is 0 Å². The van der Waals surface area contributed by atoms with E-state index in [1.54, 1.807) is 5.57 Å². The normalized spacial score (nSPS) is 47.4. The number of hydrogen-bond acceptors (Lipinski definition) is 3. The lowest BCUT2D eigenvalue weighted by molar-refractivity contribution is -0.0562. The van der Waals surface area contributed by atoms with E-state index in [2.05, 4.69) is 21.6 Å². The average molecular weight is 316 g/mol. The van der Waals surface area contributed by atoms with Gasteiger partial charge in [-0.25, -0.2) is 0 Å². The lowest BCUT2D eigenvalue weighted by Crippen LogP contribution is -2.70. The van der Waals surface area contributed by atoms with Gasteiger partial charge in [0.25, 0.3) is 0 Å². The summed E-state index contributed by atoms with van der Waals surface area (Å²) in [5.41, 5.74) is 2.24. The van der Waals surface area contributed by atoms with Crippen LogP contribution in [0.3, 0.4) is 0 Å². The second-order valence-electron chi connectivity index (χ2n) is 8.87. The molecule has 0 radical (unpaired) electrons. The fraction of sp³-hybridized carbons (Fsp3) is 0.900. The molecule has 0 amide bonds. The van der Waals surface area contributed by atoms with Crippen molar-refractivity contribution in [2.24, 2.45) is 11.3 Å². The predicted octanol–water partition coefficient (Wildman–Crippen LogP) is 2.68. The zero-order chi connectivity index (χ0) is 15.3. The molecule has 23 heavy (non-hydrogen) atoms. The molecule has 0 spiro atoms. The van der Waals surface area contributed by atoms with Crippen molar-refractivity contribution in [3.8, 4) is 0 Å². The molecule has 4 heterocycles. The van der Waals surface area contributed by atoms with Crippen LogP contribution in [0.4, 0.5) is 0 Å². The molecule has 0 aromatic rings. The molecule has 4 aliphatic heterocycles. The summed E-state index contributed by atoms with van der Waals surface area (Å²) in [5.74, 6) is 0.832. The van der Waals surface area contributed by atoms with Crippen LogP contribution in [0, 0.1) is 11.3 Å². The topological polar surface area (TPSA) is 27.3 Å². The molecule has 5 rings (SSSR count). The van der Waals surface area contributed by atoms with Crippen molar-refractivity contribution >= 4 is 0 Å². The Morgan fingerprint density at radius 1 is 1.00 bits per heavy atom. The molecule has 4 saturated heterocycles. The van der Waals surface area contributed by atoms with Gasteiger partial charge in [-0.3, -0.25) is 4.90 Å². The highest BCUT2D eigenvalue weighted by molar-refractivity contribution is 5.29. The molecule has 5 aliphatic rings. The van der Waals surface area contributed by atoms with Gasteiger partial charge in [-0.1, -0.05) is 24.5 Å². The molecule has 3 heteroatoms. The van der Waals surface area contributed by atoms with Crippen molar-refractivity contribution in [3.05, 3.63) is 11.6 Å². The maximum absolute atomic E-state index is 3.98. The van der Waals surface area contributed by atoms with Crippen molar-refractivity contribution in [3.63, 3.8) is 0 Å². The Labute approximate surface area is 141 Å². The first kappa shape index (κ1) is 14.9. The van der Waals surface area contributed by atoms with Crippen LogP contribution in [0.25, 0.3) is 0 Å². The first-order valence-corrected chi connectivity index (χ1v) is 10.3. The number of fused-ring (bicyclic) bond motifs is 6. The van der Waals surface area contributed by atoms with Gasteiger partial charge in [0.15, 0.2) is 0 Å². The second kappa shape index (κ2) is 5.86. The van der Waals surface area contributed by atoms with Crippen LogP contribution in [0.1, 0.15) is 57.8 Å². The molecule has 0 aromatic heterocycles. The van der Waals surface area contributed by atoms with Crippen molar-refractivity contribution in [2.75, 3.05) is 26.2 Å². The summed E-state index contributed by atoms with van der Waals surface area (Å²) in [6, 6.07) is 2.25. The minimum Gasteiger partial charge on any atom is -0.313 e. The fourth-order valence-corrected chi connectivity index (χ4v) is 6.73. The Bertz CT molecular complexity index is 481. The van der Waals surface area contributed by atoms with Crippen LogP contribution in [0.5, 0.6) is 0 Å². The lowest BCUT2D eigenvalue weighted by atomic mass is 9.56. The van der Waals surface area contributed by atoms with Gasteiger partial charge in [0.2, 0.25) is 0 Å². The zero-order valence-electron chi connectivity index (χ0n) is 14.5. The largest absolute Gasteiger partial charge is 0.313 e. The van der Waals surface area contributed by atoms with E-state index in [0.29, 0.717) is 11.5 Å². The van der Waals surface area contributed by atoms with E-state index in [0.717, 1.165) is 18.0 Å². The van der Waals surface area contributed by atoms with Gasteiger partial charge in [-0.15, -0.1) is 0 Å². The van der Waals surface area contributed by atoms with Crippen molar-refractivity contribution in [1.29, 1.82) is 0 Å². The first-order valence-electron chi connectivity index (χ1n) is 10.3. The third-order valence-electron chi connectivity index (χ3n) is 7.64. The molecule has 0 unspecified atom stereocenters. The summed E-state index contributed by atoms with van der Waals surface area (Å²) in [5, 5.41) is 7.94. The summed E-state index contributed by atoms with van der Waals surface area (Å²) < 4.78 is 0. The van der Waals surface area contributed by atoms with Crippen LogP contribution < -0.4 is 10.6 Å². The average Bonchev–Trinajstić information content (AvgIpc) is 2.63. The maximum Gasteiger partial charge on any atom is 0.0363 e. The van der Waals surface area contributed by atoms with Crippen molar-refractivity contribution in [2.45, 2.75) is 75.9 Å². The Morgan fingerprint density at radius 2 is 1.91 bits per heavy atom. The predicted molar refractivity (Wildman–Crippen MR) is 94.5 cm³/mol. The molecule has 128 valence electrons. The van der Waals surface area contributed by atoms with Crippen molar-refractivity contribution in [1.82, 2.24) is 15.5 Å². The number of hydrogen-bond donors (Lipinski definition) is 2. The smallest absolute Gasteiger partial charge is 0.0363 e. The summed E-state index contributed by atoms with van der Waals surface area (Å²) in [7, 11) is 0. The van der Waals surface area contributed by atoms with E-state index in [9.17, 15) is 0 Å². The minimum absolute atomic E-state index is 0.462. The molecular formula is C20H33N3. The summed E-state index contributed by atoms with van der Waals surface area (Å²) >= 11 is 0. The van der Waals surface area contributed by atoms with Crippen LogP contribution >= 0.6 is 0 Å². The van der Waals surface area contributed by atoms with E-state index in [1.807, 2.05) is 0 Å². The van der Waals surface area contributed by atoms with E-state index in [-0.39, 0.29) is 0 Å². The molecule has 2 bridgehead atoms. The van der Waals surface area contributed by atoms with Gasteiger partial charge in [0.05, 0.1) is 0 Å². The highest BCUT2D eigenvalue weighted by Gasteiger charge is 2.56. The minimum atomic E-state index is 0.462. The summed E-state index contributed by atoms with van der Waals surface area (Å²) in [6.45, 7) is 5.17. The lowest BCUT2D eigenvalue weighted by Gasteiger charge is -2.62. The highest BCUT2D eigenvalue weighted by atomic mass is 15.2. The van der Waals surface area contributed by atoms with Crippen LogP contribution in [-0.2, 0) is 0 Å². The Morgan fingerprint density at radius 3 is 2.83 bits per heavy atom. The molecule has 2 N–H and O–H groups in total. The monoisotopic (exact) mass is 315 g/mol. The molecule has 0 aromatic carbocycles. The van der Waals surface area contributed by atoms with Gasteiger partial charge in [0.1, 0.15) is 0 Å². The summed E-state index contributed by atoms with van der Waals surface area (Å²) in [6.07, 6.45) is 15.4. The third kappa shape index (κ3) is 2.34. The van der Waals surface area contributed by atoms with E-state index in [4.69, 9.17) is 0 Å². The molecule has 3 nitrogen and oxygen atoms in total. The van der Waals surface area contributed by atoms with Crippen LogP contribution in [-0.4, -0.2) is 49.2 Å². The maximum atomic E-state index is 3.98.